The Morgan fingerprint density at radius 1 is 0.833 bits per heavy atom. The van der Waals surface area contributed by atoms with Gasteiger partial charge in [-0.25, -0.2) is 0 Å². The van der Waals surface area contributed by atoms with Crippen molar-refractivity contribution in [3.05, 3.63) is 35.9 Å². The SMILES string of the molecule is CC(C)CCN(CCC(C)C)Cc1ccccc1. The smallest absolute Gasteiger partial charge is 0.0233 e. The Morgan fingerprint density at radius 3 is 1.78 bits per heavy atom. The summed E-state index contributed by atoms with van der Waals surface area (Å²) < 4.78 is 0. The van der Waals surface area contributed by atoms with E-state index in [2.05, 4.69) is 62.9 Å². The van der Waals surface area contributed by atoms with Crippen molar-refractivity contribution in [1.82, 2.24) is 4.90 Å². The van der Waals surface area contributed by atoms with Crippen LogP contribution in [-0.2, 0) is 6.54 Å². The van der Waals surface area contributed by atoms with E-state index in [9.17, 15) is 0 Å². The molecule has 1 nitrogen and oxygen atoms in total. The van der Waals surface area contributed by atoms with Crippen LogP contribution in [-0.4, -0.2) is 18.0 Å². The zero-order valence-electron chi connectivity index (χ0n) is 12.5. The lowest BCUT2D eigenvalue weighted by atomic mass is 10.1. The monoisotopic (exact) mass is 247 g/mol. The Morgan fingerprint density at radius 2 is 1.33 bits per heavy atom. The van der Waals surface area contributed by atoms with Crippen molar-refractivity contribution < 1.29 is 0 Å². The molecular formula is C17H29N. The fourth-order valence-corrected chi connectivity index (χ4v) is 1.99. The lowest BCUT2D eigenvalue weighted by Crippen LogP contribution is -2.27. The third-order valence-corrected chi connectivity index (χ3v) is 3.29. The van der Waals surface area contributed by atoms with Crippen LogP contribution in [0.1, 0.15) is 46.1 Å². The molecule has 0 spiro atoms. The van der Waals surface area contributed by atoms with Gasteiger partial charge < -0.3 is 0 Å². The van der Waals surface area contributed by atoms with E-state index < -0.39 is 0 Å². The molecule has 0 heterocycles. The molecule has 1 aromatic carbocycles. The minimum atomic E-state index is 0.794. The van der Waals surface area contributed by atoms with Crippen LogP contribution in [0.3, 0.4) is 0 Å². The van der Waals surface area contributed by atoms with Gasteiger partial charge in [0, 0.05) is 6.54 Å². The van der Waals surface area contributed by atoms with E-state index in [1.54, 1.807) is 0 Å². The molecule has 0 saturated carbocycles. The highest BCUT2D eigenvalue weighted by molar-refractivity contribution is 5.14. The number of rotatable bonds is 8. The maximum atomic E-state index is 2.61. The minimum absolute atomic E-state index is 0.794. The highest BCUT2D eigenvalue weighted by Crippen LogP contribution is 2.10. The van der Waals surface area contributed by atoms with Crippen molar-refractivity contribution in [1.29, 1.82) is 0 Å². The molecule has 1 aromatic rings. The van der Waals surface area contributed by atoms with Gasteiger partial charge in [0.1, 0.15) is 0 Å². The quantitative estimate of drug-likeness (QED) is 0.650. The van der Waals surface area contributed by atoms with Gasteiger partial charge in [0.15, 0.2) is 0 Å². The van der Waals surface area contributed by atoms with Crippen molar-refractivity contribution in [3.8, 4) is 0 Å². The molecule has 18 heavy (non-hydrogen) atoms. The molecule has 1 rings (SSSR count). The fraction of sp³-hybridized carbons (Fsp3) is 0.647. The standard InChI is InChI=1S/C17H29N/c1-15(2)10-12-18(13-11-16(3)4)14-17-8-6-5-7-9-17/h5-9,15-16H,10-14H2,1-4H3. The Kier molecular flexibility index (Phi) is 7.04. The molecule has 0 aliphatic rings. The van der Waals surface area contributed by atoms with E-state index in [-0.39, 0.29) is 0 Å². The maximum absolute atomic E-state index is 2.61. The van der Waals surface area contributed by atoms with E-state index in [1.807, 2.05) is 0 Å². The van der Waals surface area contributed by atoms with Crippen LogP contribution >= 0.6 is 0 Å². The lowest BCUT2D eigenvalue weighted by Gasteiger charge is -2.24. The number of hydrogen-bond acceptors (Lipinski definition) is 1. The van der Waals surface area contributed by atoms with Gasteiger partial charge in [-0.2, -0.15) is 0 Å². The maximum Gasteiger partial charge on any atom is 0.0233 e. The van der Waals surface area contributed by atoms with Crippen molar-refractivity contribution in [2.75, 3.05) is 13.1 Å². The first-order valence-corrected chi connectivity index (χ1v) is 7.34. The highest BCUT2D eigenvalue weighted by Gasteiger charge is 2.08. The molecule has 0 amide bonds. The average Bonchev–Trinajstić information content (AvgIpc) is 2.33. The first kappa shape index (κ1) is 15.2. The van der Waals surface area contributed by atoms with Gasteiger partial charge in [-0.05, 0) is 43.3 Å². The summed E-state index contributed by atoms with van der Waals surface area (Å²) in [7, 11) is 0. The molecule has 0 saturated heterocycles. The summed E-state index contributed by atoms with van der Waals surface area (Å²) in [4.78, 5) is 2.61. The summed E-state index contributed by atoms with van der Waals surface area (Å²) in [5.74, 6) is 1.59. The second-order valence-corrected chi connectivity index (χ2v) is 6.13. The first-order valence-electron chi connectivity index (χ1n) is 7.34. The van der Waals surface area contributed by atoms with E-state index >= 15 is 0 Å². The van der Waals surface area contributed by atoms with E-state index in [4.69, 9.17) is 0 Å². The van der Waals surface area contributed by atoms with Crippen LogP contribution < -0.4 is 0 Å². The third kappa shape index (κ3) is 6.80. The molecule has 102 valence electrons. The normalized spacial score (nSPS) is 11.7. The van der Waals surface area contributed by atoms with Gasteiger partial charge in [-0.15, -0.1) is 0 Å². The van der Waals surface area contributed by atoms with E-state index in [1.165, 1.54) is 31.5 Å². The Labute approximate surface area is 113 Å². The Balaban J connectivity index is 2.48. The van der Waals surface area contributed by atoms with Crippen LogP contribution in [0.25, 0.3) is 0 Å². The molecule has 0 bridgehead atoms. The molecule has 0 N–H and O–H groups in total. The third-order valence-electron chi connectivity index (χ3n) is 3.29. The van der Waals surface area contributed by atoms with Crippen molar-refractivity contribution in [3.63, 3.8) is 0 Å². The minimum Gasteiger partial charge on any atom is -0.299 e. The molecule has 0 unspecified atom stereocenters. The number of hydrogen-bond donors (Lipinski definition) is 0. The van der Waals surface area contributed by atoms with Gasteiger partial charge in [0.05, 0.1) is 0 Å². The summed E-state index contributed by atoms with van der Waals surface area (Å²) in [6, 6.07) is 10.8. The number of benzene rings is 1. The fourth-order valence-electron chi connectivity index (χ4n) is 1.99. The summed E-state index contributed by atoms with van der Waals surface area (Å²) in [6.07, 6.45) is 2.59. The van der Waals surface area contributed by atoms with Gasteiger partial charge in [0.2, 0.25) is 0 Å². The van der Waals surface area contributed by atoms with Gasteiger partial charge in [-0.3, -0.25) is 4.90 Å². The largest absolute Gasteiger partial charge is 0.299 e. The summed E-state index contributed by atoms with van der Waals surface area (Å²) in [5.41, 5.74) is 1.44. The first-order chi connectivity index (χ1) is 8.58. The van der Waals surface area contributed by atoms with E-state index in [0.29, 0.717) is 0 Å². The second kappa shape index (κ2) is 8.31. The molecule has 0 aliphatic heterocycles. The molecule has 0 aromatic heterocycles. The second-order valence-electron chi connectivity index (χ2n) is 6.13. The Hall–Kier alpha value is -0.820. The van der Waals surface area contributed by atoms with Crippen molar-refractivity contribution in [2.24, 2.45) is 11.8 Å². The van der Waals surface area contributed by atoms with Crippen LogP contribution in [0.15, 0.2) is 30.3 Å². The van der Waals surface area contributed by atoms with Gasteiger partial charge in [0.25, 0.3) is 0 Å². The lowest BCUT2D eigenvalue weighted by molar-refractivity contribution is 0.236. The Bertz CT molecular complexity index is 291. The van der Waals surface area contributed by atoms with Crippen molar-refractivity contribution in [2.45, 2.75) is 47.1 Å². The van der Waals surface area contributed by atoms with Crippen LogP contribution in [0.5, 0.6) is 0 Å². The summed E-state index contributed by atoms with van der Waals surface area (Å²) in [6.45, 7) is 12.8. The molecule has 0 aliphatic carbocycles. The predicted octanol–water partition coefficient (Wildman–Crippen LogP) is 4.58. The van der Waals surface area contributed by atoms with Gasteiger partial charge >= 0.3 is 0 Å². The van der Waals surface area contributed by atoms with Crippen LogP contribution in [0, 0.1) is 11.8 Å². The molecule has 0 atom stereocenters. The van der Waals surface area contributed by atoms with E-state index in [0.717, 1.165) is 18.4 Å². The zero-order chi connectivity index (χ0) is 13.4. The zero-order valence-corrected chi connectivity index (χ0v) is 12.5. The molecular weight excluding hydrogens is 218 g/mol. The topological polar surface area (TPSA) is 3.24 Å². The predicted molar refractivity (Wildman–Crippen MR) is 80.6 cm³/mol. The molecule has 0 radical (unpaired) electrons. The summed E-state index contributed by atoms with van der Waals surface area (Å²) >= 11 is 0. The molecule has 1 heteroatoms. The average molecular weight is 247 g/mol. The van der Waals surface area contributed by atoms with Crippen molar-refractivity contribution >= 4 is 0 Å². The highest BCUT2D eigenvalue weighted by atomic mass is 15.1. The number of nitrogens with zero attached hydrogens (tertiary/aromatic N) is 1. The summed E-state index contributed by atoms with van der Waals surface area (Å²) in [5, 5.41) is 0. The molecule has 0 fully saturated rings. The van der Waals surface area contributed by atoms with Gasteiger partial charge in [-0.1, -0.05) is 58.0 Å². The van der Waals surface area contributed by atoms with Crippen LogP contribution in [0.4, 0.5) is 0 Å². The van der Waals surface area contributed by atoms with Crippen LogP contribution in [0.2, 0.25) is 0 Å².